The molecule has 0 saturated carbocycles. The van der Waals surface area contributed by atoms with Crippen LogP contribution in [0, 0.1) is 0 Å². The number of carbonyl (C=O) groups is 1. The fraction of sp³-hybridized carbons (Fsp3) is 0.562. The Morgan fingerprint density at radius 3 is 2.75 bits per heavy atom. The Kier molecular flexibility index (Phi) is 3.66. The number of piperidine rings is 1. The van der Waals surface area contributed by atoms with Gasteiger partial charge in [-0.25, -0.2) is 0 Å². The number of hydrogen-bond acceptors (Lipinski definition) is 3. The van der Waals surface area contributed by atoms with E-state index in [0.717, 1.165) is 44.2 Å². The van der Waals surface area contributed by atoms with E-state index in [-0.39, 0.29) is 11.9 Å². The average molecular weight is 274 g/mol. The fourth-order valence-electron chi connectivity index (χ4n) is 3.51. The standard InChI is InChI=1S/C16H22N2O2/c17-16(20)14-6-1-2-7-18(14)10-13-8-11-4-3-5-12(11)9-15(13)19/h8-9,14,19H,1-7,10H2,(H2,17,20)/t14-/m1/s1. The number of nitrogens with two attached hydrogens (primary N) is 1. The predicted molar refractivity (Wildman–Crippen MR) is 77.4 cm³/mol. The van der Waals surface area contributed by atoms with Crippen molar-refractivity contribution in [3.05, 3.63) is 28.8 Å². The molecule has 1 heterocycles. The van der Waals surface area contributed by atoms with Gasteiger partial charge in [-0.15, -0.1) is 0 Å². The van der Waals surface area contributed by atoms with Crippen LogP contribution in [0.3, 0.4) is 0 Å². The van der Waals surface area contributed by atoms with Gasteiger partial charge in [-0.2, -0.15) is 0 Å². The van der Waals surface area contributed by atoms with E-state index in [1.54, 1.807) is 0 Å². The molecule has 1 aliphatic heterocycles. The van der Waals surface area contributed by atoms with E-state index >= 15 is 0 Å². The van der Waals surface area contributed by atoms with Crippen molar-refractivity contribution in [2.45, 2.75) is 51.1 Å². The number of aryl methyl sites for hydroxylation is 2. The number of fused-ring (bicyclic) bond motifs is 1. The number of likely N-dealkylation sites (tertiary alicyclic amines) is 1. The Balaban J connectivity index is 1.81. The molecule has 3 N–H and O–H groups in total. The second kappa shape index (κ2) is 5.44. The number of nitrogens with zero attached hydrogens (tertiary/aromatic N) is 1. The Morgan fingerprint density at radius 2 is 2.00 bits per heavy atom. The maximum Gasteiger partial charge on any atom is 0.234 e. The molecule has 20 heavy (non-hydrogen) atoms. The highest BCUT2D eigenvalue weighted by Gasteiger charge is 2.27. The Hall–Kier alpha value is -1.55. The largest absolute Gasteiger partial charge is 0.508 e. The molecule has 108 valence electrons. The summed E-state index contributed by atoms with van der Waals surface area (Å²) in [5.41, 5.74) is 9.05. The molecular weight excluding hydrogens is 252 g/mol. The quantitative estimate of drug-likeness (QED) is 0.882. The summed E-state index contributed by atoms with van der Waals surface area (Å²) in [5, 5.41) is 10.2. The van der Waals surface area contributed by atoms with Crippen molar-refractivity contribution in [2.24, 2.45) is 5.73 Å². The summed E-state index contributed by atoms with van der Waals surface area (Å²) in [4.78, 5) is 13.7. The van der Waals surface area contributed by atoms with Gasteiger partial charge < -0.3 is 10.8 Å². The van der Waals surface area contributed by atoms with Crippen LogP contribution < -0.4 is 5.73 Å². The summed E-state index contributed by atoms with van der Waals surface area (Å²) in [6.45, 7) is 1.50. The van der Waals surface area contributed by atoms with Crippen LogP contribution in [0.15, 0.2) is 12.1 Å². The summed E-state index contributed by atoms with van der Waals surface area (Å²) in [6.07, 6.45) is 6.32. The predicted octanol–water partition coefficient (Wildman–Crippen LogP) is 1.72. The van der Waals surface area contributed by atoms with Gasteiger partial charge in [0.25, 0.3) is 0 Å². The van der Waals surface area contributed by atoms with Gasteiger partial charge in [-0.3, -0.25) is 9.69 Å². The van der Waals surface area contributed by atoms with Crippen LogP contribution in [0.5, 0.6) is 5.75 Å². The van der Waals surface area contributed by atoms with E-state index in [9.17, 15) is 9.90 Å². The van der Waals surface area contributed by atoms with E-state index < -0.39 is 0 Å². The van der Waals surface area contributed by atoms with Crippen LogP contribution in [-0.2, 0) is 24.2 Å². The normalized spacial score (nSPS) is 22.7. The first-order chi connectivity index (χ1) is 9.65. The van der Waals surface area contributed by atoms with Crippen molar-refractivity contribution in [1.29, 1.82) is 0 Å². The molecule has 0 aromatic heterocycles. The van der Waals surface area contributed by atoms with Gasteiger partial charge in [-0.05, 0) is 55.8 Å². The lowest BCUT2D eigenvalue weighted by molar-refractivity contribution is -0.124. The first-order valence-electron chi connectivity index (χ1n) is 7.52. The monoisotopic (exact) mass is 274 g/mol. The van der Waals surface area contributed by atoms with Crippen molar-refractivity contribution in [3.63, 3.8) is 0 Å². The third-order valence-corrected chi connectivity index (χ3v) is 4.61. The van der Waals surface area contributed by atoms with Crippen LogP contribution in [0.1, 0.15) is 42.4 Å². The molecular formula is C16H22N2O2. The molecule has 4 heteroatoms. The molecule has 1 aromatic rings. The number of phenols is 1. The van der Waals surface area contributed by atoms with Gasteiger partial charge in [0.1, 0.15) is 5.75 Å². The molecule has 1 saturated heterocycles. The molecule has 4 nitrogen and oxygen atoms in total. The third kappa shape index (κ3) is 2.52. The number of carbonyl (C=O) groups excluding carboxylic acids is 1. The highest BCUT2D eigenvalue weighted by atomic mass is 16.3. The Bertz CT molecular complexity index is 527. The minimum absolute atomic E-state index is 0.184. The molecule has 1 atom stereocenters. The molecule has 1 aliphatic carbocycles. The maximum atomic E-state index is 11.5. The zero-order chi connectivity index (χ0) is 14.1. The van der Waals surface area contributed by atoms with Crippen molar-refractivity contribution in [3.8, 4) is 5.75 Å². The second-order valence-electron chi connectivity index (χ2n) is 5.99. The summed E-state index contributed by atoms with van der Waals surface area (Å²) in [5.74, 6) is 0.116. The van der Waals surface area contributed by atoms with Crippen molar-refractivity contribution < 1.29 is 9.90 Å². The lowest BCUT2D eigenvalue weighted by atomic mass is 9.99. The van der Waals surface area contributed by atoms with E-state index in [1.165, 1.54) is 17.5 Å². The number of primary amides is 1. The molecule has 1 amide bonds. The lowest BCUT2D eigenvalue weighted by Crippen LogP contribution is -2.47. The molecule has 3 rings (SSSR count). The van der Waals surface area contributed by atoms with Crippen molar-refractivity contribution >= 4 is 5.91 Å². The van der Waals surface area contributed by atoms with Gasteiger partial charge in [0.2, 0.25) is 5.91 Å². The minimum atomic E-state index is -0.245. The first-order valence-corrected chi connectivity index (χ1v) is 7.52. The number of amides is 1. The molecule has 1 aromatic carbocycles. The lowest BCUT2D eigenvalue weighted by Gasteiger charge is -2.33. The zero-order valence-electron chi connectivity index (χ0n) is 11.8. The third-order valence-electron chi connectivity index (χ3n) is 4.61. The Morgan fingerprint density at radius 1 is 1.25 bits per heavy atom. The topological polar surface area (TPSA) is 66.6 Å². The number of aromatic hydroxyl groups is 1. The van der Waals surface area contributed by atoms with E-state index in [2.05, 4.69) is 11.0 Å². The maximum absolute atomic E-state index is 11.5. The summed E-state index contributed by atoms with van der Waals surface area (Å²) >= 11 is 0. The number of phenolic OH excluding ortho intramolecular Hbond substituents is 1. The highest BCUT2D eigenvalue weighted by Crippen LogP contribution is 2.31. The minimum Gasteiger partial charge on any atom is -0.508 e. The van der Waals surface area contributed by atoms with Crippen LogP contribution in [-0.4, -0.2) is 28.5 Å². The molecule has 2 aliphatic rings. The van der Waals surface area contributed by atoms with Crippen LogP contribution >= 0.6 is 0 Å². The second-order valence-corrected chi connectivity index (χ2v) is 5.99. The van der Waals surface area contributed by atoms with Crippen LogP contribution in [0.2, 0.25) is 0 Å². The SMILES string of the molecule is NC(=O)[C@H]1CCCCN1Cc1cc2c(cc1O)CCC2. The van der Waals surface area contributed by atoms with Crippen LogP contribution in [0.4, 0.5) is 0 Å². The van der Waals surface area contributed by atoms with Gasteiger partial charge in [0, 0.05) is 12.1 Å². The van der Waals surface area contributed by atoms with Crippen molar-refractivity contribution in [1.82, 2.24) is 4.90 Å². The average Bonchev–Trinajstić information content (AvgIpc) is 2.86. The molecule has 0 bridgehead atoms. The molecule has 1 fully saturated rings. The summed E-state index contributed by atoms with van der Waals surface area (Å²) in [6, 6.07) is 3.84. The van der Waals surface area contributed by atoms with Gasteiger partial charge in [0.05, 0.1) is 6.04 Å². The molecule has 0 radical (unpaired) electrons. The molecule has 0 spiro atoms. The van der Waals surface area contributed by atoms with Gasteiger partial charge in [-0.1, -0.05) is 12.5 Å². The number of rotatable bonds is 3. The fourth-order valence-corrected chi connectivity index (χ4v) is 3.51. The first kappa shape index (κ1) is 13.4. The summed E-state index contributed by atoms with van der Waals surface area (Å²) in [7, 11) is 0. The number of hydrogen-bond donors (Lipinski definition) is 2. The Labute approximate surface area is 119 Å². The van der Waals surface area contributed by atoms with Gasteiger partial charge in [0.15, 0.2) is 0 Å². The highest BCUT2D eigenvalue weighted by molar-refractivity contribution is 5.79. The smallest absolute Gasteiger partial charge is 0.234 e. The van der Waals surface area contributed by atoms with Crippen LogP contribution in [0.25, 0.3) is 0 Å². The van der Waals surface area contributed by atoms with E-state index in [1.807, 2.05) is 6.07 Å². The summed E-state index contributed by atoms with van der Waals surface area (Å²) < 4.78 is 0. The van der Waals surface area contributed by atoms with E-state index in [0.29, 0.717) is 12.3 Å². The van der Waals surface area contributed by atoms with Crippen molar-refractivity contribution in [2.75, 3.05) is 6.54 Å². The van der Waals surface area contributed by atoms with E-state index in [4.69, 9.17) is 5.73 Å². The zero-order valence-corrected chi connectivity index (χ0v) is 11.8. The molecule has 0 unspecified atom stereocenters. The van der Waals surface area contributed by atoms with Gasteiger partial charge >= 0.3 is 0 Å². The number of benzene rings is 1.